The van der Waals surface area contributed by atoms with E-state index < -0.39 is 13.7 Å². The lowest BCUT2D eigenvalue weighted by Crippen LogP contribution is -2.51. The molecule has 1 amide bonds. The summed E-state index contributed by atoms with van der Waals surface area (Å²) in [5.74, 6) is 0.554. The second kappa shape index (κ2) is 12.4. The average molecular weight is 725 g/mol. The third-order valence-electron chi connectivity index (χ3n) is 10.4. The largest absolute Gasteiger partial charge is 0.497 e. The molecule has 2 aliphatic heterocycles. The van der Waals surface area contributed by atoms with Gasteiger partial charge < -0.3 is 19.5 Å². The summed E-state index contributed by atoms with van der Waals surface area (Å²) in [7, 11) is -0.605. The second-order valence-electron chi connectivity index (χ2n) is 13.3. The molecule has 4 atom stereocenters. The van der Waals surface area contributed by atoms with Crippen LogP contribution in [0.2, 0.25) is 18.6 Å². The molecule has 1 fully saturated rings. The predicted octanol–water partition coefficient (Wildman–Crippen LogP) is 6.30. The quantitative estimate of drug-likeness (QED) is 0.189. The number of halogens is 1. The molecule has 1 saturated heterocycles. The van der Waals surface area contributed by atoms with Crippen LogP contribution in [0.15, 0.2) is 106 Å². The smallest absolute Gasteiger partial charge is 0.279 e. The van der Waals surface area contributed by atoms with Gasteiger partial charge >= 0.3 is 0 Å². The van der Waals surface area contributed by atoms with Crippen molar-refractivity contribution < 1.29 is 19.4 Å². The second-order valence-corrected chi connectivity index (χ2v) is 18.9. The number of aromatic nitrogens is 2. The summed E-state index contributed by atoms with van der Waals surface area (Å²) in [6.07, 6.45) is 1.85. The van der Waals surface area contributed by atoms with Crippen LogP contribution in [0.4, 0.5) is 5.69 Å². The highest BCUT2D eigenvalue weighted by Crippen LogP contribution is 2.60. The van der Waals surface area contributed by atoms with Crippen molar-refractivity contribution in [2.24, 2.45) is 5.92 Å². The van der Waals surface area contributed by atoms with Gasteiger partial charge in [-0.3, -0.25) is 9.59 Å². The molecule has 1 aromatic heterocycles. The molecule has 246 valence electrons. The number of hydrogen-bond donors (Lipinski definition) is 1. The summed E-state index contributed by atoms with van der Waals surface area (Å²) >= 11 is 3.66. The zero-order valence-corrected chi connectivity index (χ0v) is 30.0. The van der Waals surface area contributed by atoms with Gasteiger partial charge in [-0.05, 0) is 66.1 Å². The monoisotopic (exact) mass is 723 g/mol. The van der Waals surface area contributed by atoms with Crippen LogP contribution in [0.3, 0.4) is 0 Å². The number of carbonyl (C=O) groups is 1. The Bertz CT molecular complexity index is 2070. The molecular formula is C38H38BrN3O5Si. The standard InChI is InChI=1S/C38H38BrN3O5Si/c1-24-35(48(3,4)30-16-14-29(46-2)15-17-30)34(19-20-43)47-38(24)32-21-27(39)11-18-33(32)41(37(38)45)23-25-9-12-28(13-10-25)42-36(44)31-8-6-5-7-26(31)22-40-42/h5-18,21-22,24,34-35,43H,19-20,23H2,1-4H3/t24-,34+,35-,38+/m1/s1. The summed E-state index contributed by atoms with van der Waals surface area (Å²) in [4.78, 5) is 29.9. The molecule has 2 aliphatic rings. The van der Waals surface area contributed by atoms with Crippen molar-refractivity contribution >= 4 is 51.6 Å². The molecule has 0 saturated carbocycles. The van der Waals surface area contributed by atoms with Gasteiger partial charge in [0.15, 0.2) is 5.60 Å². The minimum Gasteiger partial charge on any atom is -0.497 e. The van der Waals surface area contributed by atoms with E-state index in [4.69, 9.17) is 9.47 Å². The van der Waals surface area contributed by atoms with Gasteiger partial charge in [0.1, 0.15) is 5.75 Å². The minimum atomic E-state index is -2.27. The number of aliphatic hydroxyl groups is 1. The molecule has 7 rings (SSSR count). The Hall–Kier alpha value is -4.09. The summed E-state index contributed by atoms with van der Waals surface area (Å²) in [5, 5.41) is 17.2. The first-order chi connectivity index (χ1) is 23.1. The fourth-order valence-electron chi connectivity index (χ4n) is 8.04. The first kappa shape index (κ1) is 32.5. The molecular weight excluding hydrogens is 686 g/mol. The van der Waals surface area contributed by atoms with Crippen LogP contribution in [-0.2, 0) is 21.7 Å². The van der Waals surface area contributed by atoms with Crippen molar-refractivity contribution in [1.82, 2.24) is 9.78 Å². The number of methoxy groups -OCH3 is 1. The lowest BCUT2D eigenvalue weighted by atomic mass is 9.82. The maximum absolute atomic E-state index is 14.9. The highest BCUT2D eigenvalue weighted by atomic mass is 79.9. The van der Waals surface area contributed by atoms with Gasteiger partial charge in [-0.25, -0.2) is 0 Å². The molecule has 10 heteroatoms. The zero-order valence-electron chi connectivity index (χ0n) is 27.4. The Kier molecular flexibility index (Phi) is 8.39. The highest BCUT2D eigenvalue weighted by Gasteiger charge is 2.66. The van der Waals surface area contributed by atoms with Crippen LogP contribution in [0.1, 0.15) is 24.5 Å². The fourth-order valence-corrected chi connectivity index (χ4v) is 12.5. The number of anilines is 1. The van der Waals surface area contributed by atoms with Crippen LogP contribution in [0, 0.1) is 5.92 Å². The molecule has 0 aliphatic carbocycles. The van der Waals surface area contributed by atoms with Gasteiger partial charge in [-0.1, -0.05) is 83.6 Å². The molecule has 4 aromatic carbocycles. The number of benzene rings is 4. The zero-order chi connectivity index (χ0) is 33.8. The first-order valence-corrected chi connectivity index (χ1v) is 20.1. The van der Waals surface area contributed by atoms with E-state index in [1.165, 1.54) is 9.87 Å². The molecule has 1 N–H and O–H groups in total. The molecule has 5 aromatic rings. The maximum atomic E-state index is 14.9. The van der Waals surface area contributed by atoms with Gasteiger partial charge in [0.05, 0.1) is 50.8 Å². The lowest BCUT2D eigenvalue weighted by Gasteiger charge is -2.37. The van der Waals surface area contributed by atoms with Crippen molar-refractivity contribution in [3.63, 3.8) is 0 Å². The SMILES string of the molecule is COc1ccc([Si](C)(C)[C@H]2[C@H](CCO)O[C@@]3(C(=O)N(Cc4ccc(-n5ncc6ccccc6c5=O)cc4)c4ccc(Br)cc43)[C@@H]2C)cc1. The van der Waals surface area contributed by atoms with Crippen molar-refractivity contribution in [3.05, 3.63) is 123 Å². The van der Waals surface area contributed by atoms with Crippen molar-refractivity contribution in [1.29, 1.82) is 0 Å². The molecule has 8 nitrogen and oxygen atoms in total. The lowest BCUT2D eigenvalue weighted by molar-refractivity contribution is -0.146. The highest BCUT2D eigenvalue weighted by molar-refractivity contribution is 9.10. The summed E-state index contributed by atoms with van der Waals surface area (Å²) < 4.78 is 14.7. The molecule has 3 heterocycles. The van der Waals surface area contributed by atoms with Crippen LogP contribution in [0.5, 0.6) is 5.75 Å². The number of ether oxygens (including phenoxy) is 2. The van der Waals surface area contributed by atoms with Crippen molar-refractivity contribution in [2.75, 3.05) is 18.6 Å². The molecule has 1 spiro atoms. The van der Waals surface area contributed by atoms with Crippen molar-refractivity contribution in [2.45, 2.75) is 50.2 Å². The summed E-state index contributed by atoms with van der Waals surface area (Å²) in [6, 6.07) is 29.2. The van der Waals surface area contributed by atoms with E-state index in [0.717, 1.165) is 32.4 Å². The van der Waals surface area contributed by atoms with Crippen LogP contribution in [0.25, 0.3) is 16.5 Å². The predicted molar refractivity (Wildman–Crippen MR) is 194 cm³/mol. The number of carbonyl (C=O) groups excluding carboxylic acids is 1. The Morgan fingerprint density at radius 3 is 2.44 bits per heavy atom. The normalized spacial score (nSPS) is 22.1. The number of rotatable bonds is 8. The van der Waals surface area contributed by atoms with Crippen molar-refractivity contribution in [3.8, 4) is 11.4 Å². The van der Waals surface area contributed by atoms with E-state index in [2.05, 4.69) is 53.2 Å². The van der Waals surface area contributed by atoms with E-state index in [-0.39, 0.29) is 35.6 Å². The number of hydrogen-bond acceptors (Lipinski definition) is 6. The van der Waals surface area contributed by atoms with E-state index in [1.54, 1.807) is 19.4 Å². The number of fused-ring (bicyclic) bond motifs is 3. The summed E-state index contributed by atoms with van der Waals surface area (Å²) in [6.45, 7) is 7.12. The third-order valence-corrected chi connectivity index (χ3v) is 15.3. The Labute approximate surface area is 289 Å². The molecule has 0 radical (unpaired) electrons. The number of aliphatic hydroxyl groups excluding tert-OH is 1. The maximum Gasteiger partial charge on any atom is 0.279 e. The van der Waals surface area contributed by atoms with Crippen LogP contribution < -0.4 is 20.4 Å². The fraction of sp³-hybridized carbons (Fsp3) is 0.289. The van der Waals surface area contributed by atoms with Gasteiger partial charge in [-0.15, -0.1) is 0 Å². The third kappa shape index (κ3) is 5.13. The summed E-state index contributed by atoms with van der Waals surface area (Å²) in [5.41, 5.74) is 1.91. The van der Waals surface area contributed by atoms with E-state index in [9.17, 15) is 14.7 Å². The van der Waals surface area contributed by atoms with E-state index >= 15 is 0 Å². The molecule has 0 unspecified atom stereocenters. The number of nitrogens with zero attached hydrogens (tertiary/aromatic N) is 3. The minimum absolute atomic E-state index is 0.0260. The Balaban J connectivity index is 1.24. The van der Waals surface area contributed by atoms with Gasteiger partial charge in [0.2, 0.25) is 0 Å². The first-order valence-electron chi connectivity index (χ1n) is 16.2. The van der Waals surface area contributed by atoms with E-state index in [1.807, 2.05) is 77.7 Å². The Morgan fingerprint density at radius 2 is 1.73 bits per heavy atom. The van der Waals surface area contributed by atoms with Crippen LogP contribution >= 0.6 is 15.9 Å². The Morgan fingerprint density at radius 1 is 1.00 bits per heavy atom. The molecule has 0 bridgehead atoms. The van der Waals surface area contributed by atoms with Gasteiger partial charge in [0.25, 0.3) is 11.5 Å². The number of amides is 1. The average Bonchev–Trinajstić information content (AvgIpc) is 3.51. The molecule has 48 heavy (non-hydrogen) atoms. The topological polar surface area (TPSA) is 93.9 Å². The van der Waals surface area contributed by atoms with Crippen LogP contribution in [-0.4, -0.2) is 48.7 Å². The van der Waals surface area contributed by atoms with E-state index in [0.29, 0.717) is 24.0 Å². The van der Waals surface area contributed by atoms with Gasteiger partial charge in [0, 0.05) is 27.9 Å². The van der Waals surface area contributed by atoms with Gasteiger partial charge in [-0.2, -0.15) is 9.78 Å².